The van der Waals surface area contributed by atoms with Crippen molar-refractivity contribution in [3.63, 3.8) is 0 Å². The van der Waals surface area contributed by atoms with Crippen molar-refractivity contribution in [1.29, 1.82) is 0 Å². The Bertz CT molecular complexity index is 746. The molecule has 5 fully saturated rings. The van der Waals surface area contributed by atoms with Gasteiger partial charge in [0, 0.05) is 11.5 Å². The zero-order valence-corrected chi connectivity index (χ0v) is 16.4. The van der Waals surface area contributed by atoms with Crippen LogP contribution in [-0.4, -0.2) is 51.3 Å². The molecule has 0 aromatic carbocycles. The molecular formula is C15H18F4O5S3. The Balaban J connectivity index is 1.63. The quantitative estimate of drug-likeness (QED) is 0.401. The standard InChI is InChI=1S/C15H18F4O5S3/c16-14(15(17,18)19,27(21,22)23)11(20)24-12-5-8-3-9(6-12)13(10(4-8)7-12)25-1-2-26-13/h8-10H,1-7H2,(H,21,22,23). The highest BCUT2D eigenvalue weighted by molar-refractivity contribution is 8.21. The van der Waals surface area contributed by atoms with E-state index in [0.717, 1.165) is 24.3 Å². The van der Waals surface area contributed by atoms with Gasteiger partial charge in [0.25, 0.3) is 0 Å². The van der Waals surface area contributed by atoms with E-state index in [0.29, 0.717) is 19.3 Å². The number of alkyl halides is 4. The molecule has 1 N–H and O–H groups in total. The Morgan fingerprint density at radius 2 is 1.56 bits per heavy atom. The number of hydrogen-bond acceptors (Lipinski definition) is 6. The molecule has 0 aromatic heterocycles. The highest BCUT2D eigenvalue weighted by Gasteiger charge is 2.74. The molecule has 0 aromatic rings. The van der Waals surface area contributed by atoms with Gasteiger partial charge in [0.05, 0.1) is 4.08 Å². The molecule has 12 heteroatoms. The lowest BCUT2D eigenvalue weighted by Crippen LogP contribution is -2.64. The van der Waals surface area contributed by atoms with Crippen molar-refractivity contribution in [1.82, 2.24) is 0 Å². The van der Waals surface area contributed by atoms with Crippen LogP contribution in [0.3, 0.4) is 0 Å². The molecule has 1 heterocycles. The van der Waals surface area contributed by atoms with Crippen molar-refractivity contribution in [3.05, 3.63) is 0 Å². The van der Waals surface area contributed by atoms with Crippen molar-refractivity contribution in [2.24, 2.45) is 17.8 Å². The zero-order valence-electron chi connectivity index (χ0n) is 14.0. The van der Waals surface area contributed by atoms with E-state index in [9.17, 15) is 30.8 Å². The van der Waals surface area contributed by atoms with Gasteiger partial charge in [-0.15, -0.1) is 23.5 Å². The Hall–Kier alpha value is -0.200. The first-order valence-corrected chi connectivity index (χ1v) is 12.0. The predicted molar refractivity (Wildman–Crippen MR) is 91.5 cm³/mol. The van der Waals surface area contributed by atoms with Gasteiger partial charge in [0.1, 0.15) is 5.60 Å². The fourth-order valence-corrected chi connectivity index (χ4v) is 9.87. The number of esters is 1. The van der Waals surface area contributed by atoms with Crippen molar-refractivity contribution in [2.75, 3.05) is 11.5 Å². The summed E-state index contributed by atoms with van der Waals surface area (Å²) in [6.07, 6.45) is -3.48. The highest BCUT2D eigenvalue weighted by atomic mass is 32.2. The molecule has 1 spiro atoms. The van der Waals surface area contributed by atoms with E-state index in [1.54, 1.807) is 0 Å². The van der Waals surface area contributed by atoms with Gasteiger partial charge in [-0.1, -0.05) is 0 Å². The molecule has 5 nitrogen and oxygen atoms in total. The van der Waals surface area contributed by atoms with Crippen LogP contribution in [0.25, 0.3) is 0 Å². The van der Waals surface area contributed by atoms with Crippen LogP contribution in [0.1, 0.15) is 32.1 Å². The molecular weight excluding hydrogens is 432 g/mol. The number of ether oxygens (including phenoxy) is 1. The number of thioether (sulfide) groups is 2. The lowest BCUT2D eigenvalue weighted by molar-refractivity contribution is -0.233. The molecule has 5 rings (SSSR count). The summed E-state index contributed by atoms with van der Waals surface area (Å²) in [5, 5.41) is -5.47. The molecule has 154 valence electrons. The maximum Gasteiger partial charge on any atom is 0.451 e. The fraction of sp³-hybridized carbons (Fsp3) is 0.933. The van der Waals surface area contributed by atoms with Gasteiger partial charge in [-0.2, -0.15) is 21.6 Å². The van der Waals surface area contributed by atoms with Gasteiger partial charge in [-0.25, -0.2) is 9.18 Å². The molecule has 27 heavy (non-hydrogen) atoms. The molecule has 3 atom stereocenters. The highest BCUT2D eigenvalue weighted by Crippen LogP contribution is 2.70. The van der Waals surface area contributed by atoms with Gasteiger partial charge in [0.15, 0.2) is 0 Å². The largest absolute Gasteiger partial charge is 0.456 e. The molecule has 4 saturated carbocycles. The molecule has 1 aliphatic heterocycles. The fourth-order valence-electron chi connectivity index (χ4n) is 5.52. The van der Waals surface area contributed by atoms with Crippen molar-refractivity contribution in [3.8, 4) is 0 Å². The van der Waals surface area contributed by atoms with E-state index in [-0.39, 0.29) is 21.8 Å². The minimum atomic E-state index is -6.40. The van der Waals surface area contributed by atoms with E-state index >= 15 is 0 Å². The van der Waals surface area contributed by atoms with Crippen molar-refractivity contribution >= 4 is 39.6 Å². The average molecular weight is 450 g/mol. The normalized spacial score (nSPS) is 39.5. The van der Waals surface area contributed by atoms with Crippen molar-refractivity contribution in [2.45, 2.75) is 53.0 Å². The van der Waals surface area contributed by atoms with Gasteiger partial charge in [0.2, 0.25) is 0 Å². The van der Waals surface area contributed by atoms with Gasteiger partial charge < -0.3 is 4.74 Å². The van der Waals surface area contributed by atoms with Crippen LogP contribution in [0.5, 0.6) is 0 Å². The average Bonchev–Trinajstić information content (AvgIpc) is 2.99. The summed E-state index contributed by atoms with van der Waals surface area (Å²) in [6, 6.07) is 0. The molecule has 3 unspecified atom stereocenters. The summed E-state index contributed by atoms with van der Waals surface area (Å²) in [4.78, 5) is 12.1. The third kappa shape index (κ3) is 2.76. The van der Waals surface area contributed by atoms with E-state index in [2.05, 4.69) is 0 Å². The summed E-state index contributed by atoms with van der Waals surface area (Å²) in [5.41, 5.74) is -1.30. The third-order valence-electron chi connectivity index (χ3n) is 6.30. The van der Waals surface area contributed by atoms with Crippen molar-refractivity contribution < 1.29 is 40.1 Å². The molecule has 0 radical (unpaired) electrons. The van der Waals surface area contributed by atoms with Crippen LogP contribution >= 0.6 is 23.5 Å². The maximum absolute atomic E-state index is 14.3. The van der Waals surface area contributed by atoms with Crippen LogP contribution < -0.4 is 0 Å². The minimum absolute atomic E-state index is 0.0350. The molecule has 4 bridgehead atoms. The Morgan fingerprint density at radius 3 is 2.00 bits per heavy atom. The summed E-state index contributed by atoms with van der Waals surface area (Å²) < 4.78 is 89.3. The second kappa shape index (κ2) is 5.91. The maximum atomic E-state index is 14.3. The van der Waals surface area contributed by atoms with Gasteiger partial charge in [-0.05, 0) is 49.9 Å². The lowest BCUT2D eigenvalue weighted by Gasteiger charge is -2.63. The van der Waals surface area contributed by atoms with Crippen LogP contribution in [-0.2, 0) is 19.6 Å². The molecule has 1 saturated heterocycles. The van der Waals surface area contributed by atoms with Crippen LogP contribution in [0, 0.1) is 17.8 Å². The zero-order chi connectivity index (χ0) is 19.9. The lowest BCUT2D eigenvalue weighted by atomic mass is 9.53. The van der Waals surface area contributed by atoms with Crippen LogP contribution in [0.15, 0.2) is 0 Å². The summed E-state index contributed by atoms with van der Waals surface area (Å²) >= 11 is 3.69. The Morgan fingerprint density at radius 1 is 1.04 bits per heavy atom. The number of carbonyl (C=O) groups is 1. The minimum Gasteiger partial charge on any atom is -0.456 e. The first-order valence-electron chi connectivity index (χ1n) is 8.57. The van der Waals surface area contributed by atoms with Crippen LogP contribution in [0.4, 0.5) is 17.6 Å². The summed E-state index contributed by atoms with van der Waals surface area (Å²) in [7, 11) is -6.40. The molecule has 4 aliphatic carbocycles. The summed E-state index contributed by atoms with van der Waals surface area (Å²) in [5.74, 6) is -0.202. The monoisotopic (exact) mass is 450 g/mol. The van der Waals surface area contributed by atoms with Gasteiger partial charge in [-0.3, -0.25) is 4.55 Å². The Labute approximate surface area is 162 Å². The smallest absolute Gasteiger partial charge is 0.451 e. The second-order valence-electron chi connectivity index (χ2n) is 7.90. The first-order chi connectivity index (χ1) is 12.3. The van der Waals surface area contributed by atoms with E-state index in [1.807, 2.05) is 23.5 Å². The number of hydrogen-bond donors (Lipinski definition) is 1. The van der Waals surface area contributed by atoms with E-state index in [1.165, 1.54) is 0 Å². The molecule has 5 aliphatic rings. The number of halogens is 4. The predicted octanol–water partition coefficient (Wildman–Crippen LogP) is 3.40. The third-order valence-corrected chi connectivity index (χ3v) is 11.4. The SMILES string of the molecule is O=C(OC12CC3CC(C1)C1(SCCS1)C(C3)C2)C(F)(C(F)(F)F)S(=O)(=O)O. The van der Waals surface area contributed by atoms with Crippen LogP contribution in [0.2, 0.25) is 0 Å². The number of rotatable bonds is 3. The van der Waals surface area contributed by atoms with E-state index in [4.69, 9.17) is 9.29 Å². The number of carbonyl (C=O) groups excluding carboxylic acids is 1. The second-order valence-corrected chi connectivity index (χ2v) is 12.4. The Kier molecular flexibility index (Phi) is 4.40. The summed E-state index contributed by atoms with van der Waals surface area (Å²) in [6.45, 7) is 0. The molecule has 0 amide bonds. The topological polar surface area (TPSA) is 80.7 Å². The van der Waals surface area contributed by atoms with Gasteiger partial charge >= 0.3 is 27.3 Å². The van der Waals surface area contributed by atoms with E-state index < -0.39 is 32.9 Å². The first kappa shape index (κ1) is 20.1.